The molecule has 0 radical (unpaired) electrons. The van der Waals surface area contributed by atoms with Crippen molar-refractivity contribution in [3.63, 3.8) is 0 Å². The number of hydrogen-bond acceptors (Lipinski definition) is 1. The van der Waals surface area contributed by atoms with Gasteiger partial charge in [0.15, 0.2) is 0 Å². The maximum atomic E-state index is 13.5. The minimum absolute atomic E-state index is 0.156. The lowest BCUT2D eigenvalue weighted by atomic mass is 10.0. The second-order valence-corrected chi connectivity index (χ2v) is 5.10. The Morgan fingerprint density at radius 2 is 1.94 bits per heavy atom. The Kier molecular flexibility index (Phi) is 5.72. The van der Waals surface area contributed by atoms with Crippen molar-refractivity contribution in [2.24, 2.45) is 0 Å². The minimum atomic E-state index is -0.860. The van der Waals surface area contributed by atoms with Gasteiger partial charge in [0.2, 0.25) is 0 Å². The SMILES string of the molecule is CCC(CBr)(CBr)NC(=O)c1ccc(F)cc1F. The zero-order valence-electron chi connectivity index (χ0n) is 9.77. The maximum Gasteiger partial charge on any atom is 0.254 e. The fraction of sp³-hybridized carbons (Fsp3) is 0.417. The zero-order chi connectivity index (χ0) is 13.8. The van der Waals surface area contributed by atoms with Gasteiger partial charge in [-0.1, -0.05) is 38.8 Å². The summed E-state index contributed by atoms with van der Waals surface area (Å²) in [5.41, 5.74) is -0.645. The number of carbonyl (C=O) groups excluding carboxylic acids is 1. The Labute approximate surface area is 121 Å². The van der Waals surface area contributed by atoms with Gasteiger partial charge in [-0.25, -0.2) is 8.78 Å². The standard InChI is InChI=1S/C12H13Br2F2NO/c1-2-12(6-13,7-14)17-11(18)9-4-3-8(15)5-10(9)16/h3-5H,2,6-7H2,1H3,(H,17,18). The van der Waals surface area contributed by atoms with E-state index in [1.165, 1.54) is 0 Å². The van der Waals surface area contributed by atoms with E-state index in [9.17, 15) is 13.6 Å². The molecule has 0 saturated carbocycles. The summed E-state index contributed by atoms with van der Waals surface area (Å²) >= 11 is 6.65. The van der Waals surface area contributed by atoms with Crippen LogP contribution < -0.4 is 5.32 Å². The van der Waals surface area contributed by atoms with Crippen LogP contribution in [0.15, 0.2) is 18.2 Å². The molecule has 0 atom stereocenters. The first kappa shape index (κ1) is 15.6. The fourth-order valence-electron chi connectivity index (χ4n) is 1.36. The maximum absolute atomic E-state index is 13.5. The molecule has 0 aliphatic heterocycles. The Morgan fingerprint density at radius 3 is 2.39 bits per heavy atom. The number of carbonyl (C=O) groups is 1. The molecule has 0 heterocycles. The highest BCUT2D eigenvalue weighted by atomic mass is 79.9. The van der Waals surface area contributed by atoms with Crippen molar-refractivity contribution >= 4 is 37.8 Å². The molecule has 0 saturated heterocycles. The lowest BCUT2D eigenvalue weighted by Gasteiger charge is -2.30. The van der Waals surface area contributed by atoms with Crippen molar-refractivity contribution in [3.05, 3.63) is 35.4 Å². The van der Waals surface area contributed by atoms with Crippen LogP contribution in [0.3, 0.4) is 0 Å². The lowest BCUT2D eigenvalue weighted by Crippen LogP contribution is -2.51. The van der Waals surface area contributed by atoms with Crippen molar-refractivity contribution in [2.75, 3.05) is 10.7 Å². The van der Waals surface area contributed by atoms with E-state index in [4.69, 9.17) is 0 Å². The highest BCUT2D eigenvalue weighted by Gasteiger charge is 2.29. The van der Waals surface area contributed by atoms with Crippen LogP contribution in [0.1, 0.15) is 23.7 Å². The van der Waals surface area contributed by atoms with Crippen LogP contribution in [0.25, 0.3) is 0 Å². The van der Waals surface area contributed by atoms with Gasteiger partial charge in [0.1, 0.15) is 11.6 Å². The number of benzene rings is 1. The molecule has 0 unspecified atom stereocenters. The largest absolute Gasteiger partial charge is 0.345 e. The topological polar surface area (TPSA) is 29.1 Å². The molecule has 0 aliphatic rings. The summed E-state index contributed by atoms with van der Waals surface area (Å²) in [6.45, 7) is 1.92. The summed E-state index contributed by atoms with van der Waals surface area (Å²) in [6.07, 6.45) is 0.679. The van der Waals surface area contributed by atoms with Crippen LogP contribution in [0.4, 0.5) is 8.78 Å². The molecule has 18 heavy (non-hydrogen) atoms. The zero-order valence-corrected chi connectivity index (χ0v) is 12.9. The van der Waals surface area contributed by atoms with E-state index in [1.807, 2.05) is 6.92 Å². The number of halogens is 4. The highest BCUT2D eigenvalue weighted by Crippen LogP contribution is 2.18. The Balaban J connectivity index is 2.94. The van der Waals surface area contributed by atoms with Gasteiger partial charge in [-0.2, -0.15) is 0 Å². The second kappa shape index (κ2) is 6.61. The van der Waals surface area contributed by atoms with Crippen LogP contribution in [-0.4, -0.2) is 22.1 Å². The molecule has 1 amide bonds. The normalized spacial score (nSPS) is 11.4. The Morgan fingerprint density at radius 1 is 1.33 bits per heavy atom. The summed E-state index contributed by atoms with van der Waals surface area (Å²) in [4.78, 5) is 12.0. The van der Waals surface area contributed by atoms with E-state index in [0.29, 0.717) is 23.1 Å². The average Bonchev–Trinajstić information content (AvgIpc) is 2.36. The molecule has 0 bridgehead atoms. The van der Waals surface area contributed by atoms with Gasteiger partial charge in [-0.15, -0.1) is 0 Å². The van der Waals surface area contributed by atoms with Crippen molar-refractivity contribution in [1.82, 2.24) is 5.32 Å². The van der Waals surface area contributed by atoms with Gasteiger partial charge in [0, 0.05) is 16.7 Å². The third-order valence-corrected chi connectivity index (χ3v) is 4.89. The average molecular weight is 385 g/mol. The molecule has 100 valence electrons. The van der Waals surface area contributed by atoms with Crippen molar-refractivity contribution in [3.8, 4) is 0 Å². The molecule has 0 aromatic heterocycles. The molecule has 0 aliphatic carbocycles. The van der Waals surface area contributed by atoms with E-state index < -0.39 is 23.1 Å². The summed E-state index contributed by atoms with van der Waals surface area (Å²) in [7, 11) is 0. The number of amides is 1. The molecule has 6 heteroatoms. The predicted molar refractivity (Wildman–Crippen MR) is 74.4 cm³/mol. The quantitative estimate of drug-likeness (QED) is 0.771. The van der Waals surface area contributed by atoms with Crippen LogP contribution in [0.5, 0.6) is 0 Å². The van der Waals surface area contributed by atoms with Gasteiger partial charge in [0.05, 0.1) is 11.1 Å². The van der Waals surface area contributed by atoms with Crippen LogP contribution in [0, 0.1) is 11.6 Å². The highest BCUT2D eigenvalue weighted by molar-refractivity contribution is 9.09. The minimum Gasteiger partial charge on any atom is -0.345 e. The van der Waals surface area contributed by atoms with Crippen molar-refractivity contribution in [1.29, 1.82) is 0 Å². The first-order chi connectivity index (χ1) is 8.48. The number of rotatable bonds is 5. The summed E-state index contributed by atoms with van der Waals surface area (Å²) in [6, 6.07) is 2.90. The van der Waals surface area contributed by atoms with E-state index in [1.54, 1.807) is 0 Å². The second-order valence-electron chi connectivity index (χ2n) is 3.98. The molecule has 0 spiro atoms. The molecule has 1 rings (SSSR count). The van der Waals surface area contributed by atoms with Crippen LogP contribution in [0.2, 0.25) is 0 Å². The fourth-order valence-corrected chi connectivity index (χ4v) is 3.36. The molecule has 1 N–H and O–H groups in total. The molecule has 1 aromatic carbocycles. The number of alkyl halides is 2. The van der Waals surface area contributed by atoms with E-state index in [-0.39, 0.29) is 5.56 Å². The van der Waals surface area contributed by atoms with Crippen LogP contribution >= 0.6 is 31.9 Å². The molecular weight excluding hydrogens is 372 g/mol. The first-order valence-corrected chi connectivity index (χ1v) is 7.62. The number of nitrogens with one attached hydrogen (secondary N) is 1. The molecule has 2 nitrogen and oxygen atoms in total. The Bertz CT molecular complexity index is 428. The smallest absolute Gasteiger partial charge is 0.254 e. The third kappa shape index (κ3) is 3.51. The summed E-state index contributed by atoms with van der Waals surface area (Å²) < 4.78 is 26.2. The number of hydrogen-bond donors (Lipinski definition) is 1. The molecular formula is C12H13Br2F2NO. The third-order valence-electron chi connectivity index (χ3n) is 2.74. The molecule has 0 fully saturated rings. The summed E-state index contributed by atoms with van der Waals surface area (Å²) in [5, 5.41) is 3.84. The van der Waals surface area contributed by atoms with Crippen LogP contribution in [-0.2, 0) is 0 Å². The first-order valence-electron chi connectivity index (χ1n) is 5.37. The summed E-state index contributed by atoms with van der Waals surface area (Å²) in [5.74, 6) is -2.11. The lowest BCUT2D eigenvalue weighted by molar-refractivity contribution is 0.0911. The van der Waals surface area contributed by atoms with E-state index in [0.717, 1.165) is 12.1 Å². The van der Waals surface area contributed by atoms with Gasteiger partial charge in [0.25, 0.3) is 5.91 Å². The van der Waals surface area contributed by atoms with E-state index in [2.05, 4.69) is 37.2 Å². The van der Waals surface area contributed by atoms with E-state index >= 15 is 0 Å². The van der Waals surface area contributed by atoms with Gasteiger partial charge < -0.3 is 5.32 Å². The van der Waals surface area contributed by atoms with Crippen molar-refractivity contribution in [2.45, 2.75) is 18.9 Å². The van der Waals surface area contributed by atoms with Gasteiger partial charge >= 0.3 is 0 Å². The van der Waals surface area contributed by atoms with Gasteiger partial charge in [-0.3, -0.25) is 4.79 Å². The van der Waals surface area contributed by atoms with Crippen molar-refractivity contribution < 1.29 is 13.6 Å². The Hall–Kier alpha value is -0.490. The monoisotopic (exact) mass is 383 g/mol. The predicted octanol–water partition coefficient (Wildman–Crippen LogP) is 3.63. The molecule has 1 aromatic rings. The van der Waals surface area contributed by atoms with Gasteiger partial charge in [-0.05, 0) is 18.6 Å².